The Kier molecular flexibility index (Phi) is 2.97. The summed E-state index contributed by atoms with van der Waals surface area (Å²) in [7, 11) is 0. The summed E-state index contributed by atoms with van der Waals surface area (Å²) in [5.74, 6) is 0. The molecule has 5 heteroatoms. The third-order valence-electron chi connectivity index (χ3n) is 1.06. The number of aromatic nitrogens is 2. The van der Waals surface area contributed by atoms with Crippen molar-refractivity contribution < 1.29 is 4.84 Å². The highest BCUT2D eigenvalue weighted by atomic mass is 32.1. The minimum atomic E-state index is 0.578. The topological polar surface area (TPSA) is 47.4 Å². The van der Waals surface area contributed by atoms with Crippen molar-refractivity contribution in [3.63, 3.8) is 0 Å². The minimum absolute atomic E-state index is 0.578. The molecular weight excluding hydrogens is 162 g/mol. The smallest absolute Gasteiger partial charge is 0.123 e. The van der Waals surface area contributed by atoms with E-state index in [1.165, 1.54) is 11.5 Å². The molecule has 0 aliphatic carbocycles. The van der Waals surface area contributed by atoms with Crippen LogP contribution in [0.15, 0.2) is 10.5 Å². The summed E-state index contributed by atoms with van der Waals surface area (Å²) < 4.78 is 3.71. The van der Waals surface area contributed by atoms with E-state index in [4.69, 9.17) is 4.84 Å². The second-order valence-corrected chi connectivity index (χ2v) is 2.49. The first-order valence-corrected chi connectivity index (χ1v) is 4.12. The molecule has 0 radical (unpaired) electrons. The summed E-state index contributed by atoms with van der Waals surface area (Å²) in [5.41, 5.74) is 1.55. The maximum absolute atomic E-state index is 4.84. The molecule has 0 atom stereocenters. The maximum Gasteiger partial charge on any atom is 0.123 e. The van der Waals surface area contributed by atoms with E-state index in [-0.39, 0.29) is 0 Å². The van der Waals surface area contributed by atoms with Gasteiger partial charge >= 0.3 is 0 Å². The Morgan fingerprint density at radius 1 is 1.82 bits per heavy atom. The lowest BCUT2D eigenvalue weighted by atomic mass is 10.3. The maximum atomic E-state index is 4.84. The fraction of sp³-hybridized carbons (Fsp3) is 0.500. The first kappa shape index (κ1) is 8.13. The van der Waals surface area contributed by atoms with Gasteiger partial charge in [-0.2, -0.15) is 0 Å². The fourth-order valence-electron chi connectivity index (χ4n) is 0.530. The number of nitrogens with zero attached hydrogens (tertiary/aromatic N) is 3. The molecule has 0 bridgehead atoms. The highest BCUT2D eigenvalue weighted by Gasteiger charge is 1.99. The van der Waals surface area contributed by atoms with Crippen LogP contribution in [-0.2, 0) is 4.84 Å². The number of oxime groups is 1. The van der Waals surface area contributed by atoms with Gasteiger partial charge < -0.3 is 4.84 Å². The molecule has 60 valence electrons. The van der Waals surface area contributed by atoms with Gasteiger partial charge in [-0.3, -0.25) is 0 Å². The van der Waals surface area contributed by atoms with Gasteiger partial charge in [0.1, 0.15) is 18.0 Å². The molecular formula is C6H9N3OS. The van der Waals surface area contributed by atoms with Crippen LogP contribution in [0.4, 0.5) is 0 Å². The number of hydrogen-bond acceptors (Lipinski definition) is 5. The average molecular weight is 171 g/mol. The van der Waals surface area contributed by atoms with Crippen molar-refractivity contribution in [3.8, 4) is 0 Å². The molecule has 1 aromatic heterocycles. The molecule has 0 amide bonds. The average Bonchev–Trinajstić information content (AvgIpc) is 2.52. The Balaban J connectivity index is 2.62. The Morgan fingerprint density at radius 3 is 3.18 bits per heavy atom. The van der Waals surface area contributed by atoms with Gasteiger partial charge in [-0.15, -0.1) is 5.10 Å². The van der Waals surface area contributed by atoms with Gasteiger partial charge in [0.15, 0.2) is 0 Å². The first-order chi connectivity index (χ1) is 5.34. The van der Waals surface area contributed by atoms with Gasteiger partial charge in [-0.05, 0) is 25.4 Å². The van der Waals surface area contributed by atoms with E-state index in [2.05, 4.69) is 14.7 Å². The van der Waals surface area contributed by atoms with Crippen LogP contribution in [0.3, 0.4) is 0 Å². The monoisotopic (exact) mass is 171 g/mol. The summed E-state index contributed by atoms with van der Waals surface area (Å²) in [6, 6.07) is 0. The van der Waals surface area contributed by atoms with Gasteiger partial charge in [0, 0.05) is 5.38 Å². The molecule has 0 saturated heterocycles. The predicted octanol–water partition coefficient (Wildman–Crippen LogP) is 1.30. The van der Waals surface area contributed by atoms with E-state index >= 15 is 0 Å². The van der Waals surface area contributed by atoms with E-state index in [1.807, 2.05) is 19.2 Å². The van der Waals surface area contributed by atoms with Gasteiger partial charge in [-0.25, -0.2) is 0 Å². The Labute approximate surface area is 69.0 Å². The summed E-state index contributed by atoms with van der Waals surface area (Å²) >= 11 is 1.30. The lowest BCUT2D eigenvalue weighted by Crippen LogP contribution is -1.96. The molecule has 1 rings (SSSR count). The quantitative estimate of drug-likeness (QED) is 0.508. The molecule has 0 N–H and O–H groups in total. The second kappa shape index (κ2) is 4.02. The highest BCUT2D eigenvalue weighted by Crippen LogP contribution is 1.99. The summed E-state index contributed by atoms with van der Waals surface area (Å²) in [6.07, 6.45) is 0. The van der Waals surface area contributed by atoms with Crippen molar-refractivity contribution in [2.45, 2.75) is 13.8 Å². The van der Waals surface area contributed by atoms with Crippen LogP contribution in [0.1, 0.15) is 19.5 Å². The molecule has 1 aromatic rings. The summed E-state index contributed by atoms with van der Waals surface area (Å²) in [6.45, 7) is 4.30. The fourth-order valence-corrected chi connectivity index (χ4v) is 1.03. The predicted molar refractivity (Wildman–Crippen MR) is 43.7 cm³/mol. The SMILES string of the molecule is CCO/N=C(\C)c1csnn1. The van der Waals surface area contributed by atoms with E-state index in [1.54, 1.807) is 0 Å². The van der Waals surface area contributed by atoms with E-state index in [0.717, 1.165) is 11.4 Å². The minimum Gasteiger partial charge on any atom is -0.396 e. The lowest BCUT2D eigenvalue weighted by molar-refractivity contribution is 0.159. The molecule has 0 aliphatic rings. The van der Waals surface area contributed by atoms with Crippen molar-refractivity contribution in [3.05, 3.63) is 11.1 Å². The largest absolute Gasteiger partial charge is 0.396 e. The first-order valence-electron chi connectivity index (χ1n) is 3.28. The van der Waals surface area contributed by atoms with Crippen molar-refractivity contribution in [1.82, 2.24) is 9.59 Å². The third kappa shape index (κ3) is 2.27. The molecule has 0 saturated carbocycles. The molecule has 4 nitrogen and oxygen atoms in total. The Morgan fingerprint density at radius 2 is 2.64 bits per heavy atom. The van der Waals surface area contributed by atoms with Gasteiger partial charge in [0.25, 0.3) is 0 Å². The van der Waals surface area contributed by atoms with Crippen LogP contribution in [-0.4, -0.2) is 21.9 Å². The van der Waals surface area contributed by atoms with Crippen molar-refractivity contribution in [2.75, 3.05) is 6.61 Å². The molecule has 0 aromatic carbocycles. The van der Waals surface area contributed by atoms with Crippen LogP contribution < -0.4 is 0 Å². The second-order valence-electron chi connectivity index (χ2n) is 1.88. The highest BCUT2D eigenvalue weighted by molar-refractivity contribution is 7.03. The molecule has 0 unspecified atom stereocenters. The zero-order chi connectivity index (χ0) is 8.10. The lowest BCUT2D eigenvalue weighted by Gasteiger charge is -1.93. The van der Waals surface area contributed by atoms with Crippen molar-refractivity contribution in [1.29, 1.82) is 0 Å². The summed E-state index contributed by atoms with van der Waals surface area (Å²) in [4.78, 5) is 4.84. The van der Waals surface area contributed by atoms with E-state index < -0.39 is 0 Å². The molecule has 0 fully saturated rings. The molecule has 11 heavy (non-hydrogen) atoms. The Hall–Kier alpha value is -0.970. The van der Waals surface area contributed by atoms with Crippen molar-refractivity contribution in [2.24, 2.45) is 5.16 Å². The number of hydrogen-bond donors (Lipinski definition) is 0. The zero-order valence-corrected chi connectivity index (χ0v) is 7.26. The van der Waals surface area contributed by atoms with E-state index in [0.29, 0.717) is 6.61 Å². The van der Waals surface area contributed by atoms with Gasteiger partial charge in [-0.1, -0.05) is 9.64 Å². The summed E-state index contributed by atoms with van der Waals surface area (Å²) in [5, 5.41) is 9.46. The zero-order valence-electron chi connectivity index (χ0n) is 6.44. The third-order valence-corrected chi connectivity index (χ3v) is 1.57. The van der Waals surface area contributed by atoms with Crippen LogP contribution in [0, 0.1) is 0 Å². The van der Waals surface area contributed by atoms with Gasteiger partial charge in [0.05, 0.1) is 0 Å². The molecule has 0 aliphatic heterocycles. The van der Waals surface area contributed by atoms with Crippen LogP contribution in [0.5, 0.6) is 0 Å². The van der Waals surface area contributed by atoms with Crippen molar-refractivity contribution >= 4 is 17.2 Å². The standard InChI is InChI=1S/C6H9N3OS/c1-3-10-8-5(2)6-4-11-9-7-6/h4H,3H2,1-2H3/b8-5+. The Bertz CT molecular complexity index is 232. The van der Waals surface area contributed by atoms with Crippen LogP contribution >= 0.6 is 11.5 Å². The molecule has 1 heterocycles. The van der Waals surface area contributed by atoms with E-state index in [9.17, 15) is 0 Å². The number of rotatable bonds is 3. The molecule has 0 spiro atoms. The van der Waals surface area contributed by atoms with Crippen LogP contribution in [0.2, 0.25) is 0 Å². The van der Waals surface area contributed by atoms with Crippen LogP contribution in [0.25, 0.3) is 0 Å². The van der Waals surface area contributed by atoms with Gasteiger partial charge in [0.2, 0.25) is 0 Å². The normalized spacial score (nSPS) is 11.6.